The zero-order valence-corrected chi connectivity index (χ0v) is 9.89. The van der Waals surface area contributed by atoms with Gasteiger partial charge in [0.25, 0.3) is 5.91 Å². The Morgan fingerprint density at radius 3 is 2.88 bits per heavy atom. The van der Waals surface area contributed by atoms with E-state index in [0.717, 1.165) is 0 Å². The second-order valence-corrected chi connectivity index (χ2v) is 4.20. The average Bonchev–Trinajstić information content (AvgIpc) is 2.39. The van der Waals surface area contributed by atoms with Gasteiger partial charge < -0.3 is 15.3 Å². The zero-order valence-electron chi connectivity index (χ0n) is 9.89. The quantitative estimate of drug-likeness (QED) is 0.792. The first-order chi connectivity index (χ1) is 8.20. The summed E-state index contributed by atoms with van der Waals surface area (Å²) in [5, 5.41) is 12.3. The normalized spacial score (nSPS) is 16.9. The van der Waals surface area contributed by atoms with Crippen LogP contribution in [0.1, 0.15) is 23.2 Å². The number of carbonyl (C=O) groups is 1. The van der Waals surface area contributed by atoms with Crippen LogP contribution in [0.15, 0.2) is 18.3 Å². The van der Waals surface area contributed by atoms with Crippen LogP contribution in [0.3, 0.4) is 0 Å². The number of anilines is 1. The van der Waals surface area contributed by atoms with Crippen molar-refractivity contribution in [2.24, 2.45) is 0 Å². The first-order valence-corrected chi connectivity index (χ1v) is 5.82. The molecule has 0 spiro atoms. The fourth-order valence-electron chi connectivity index (χ4n) is 1.95. The molecule has 2 N–H and O–H groups in total. The molecule has 0 radical (unpaired) electrons. The largest absolute Gasteiger partial charge is 0.393 e. The van der Waals surface area contributed by atoms with Crippen LogP contribution in [-0.2, 0) is 0 Å². The Kier molecular flexibility index (Phi) is 3.58. The Labute approximate surface area is 100 Å². The molecule has 2 heterocycles. The number of carbonyl (C=O) groups excluding carboxylic acids is 1. The molecule has 0 aromatic carbocycles. The Morgan fingerprint density at radius 1 is 1.53 bits per heavy atom. The van der Waals surface area contributed by atoms with Gasteiger partial charge in [0.05, 0.1) is 6.10 Å². The summed E-state index contributed by atoms with van der Waals surface area (Å²) in [5.74, 6) is 0.698. The number of aliphatic hydroxyl groups is 1. The molecule has 1 aromatic heterocycles. The van der Waals surface area contributed by atoms with E-state index in [1.165, 1.54) is 0 Å². The lowest BCUT2D eigenvalue weighted by Gasteiger charge is -2.29. The summed E-state index contributed by atoms with van der Waals surface area (Å²) < 4.78 is 0. The molecule has 1 aromatic rings. The number of aliphatic hydroxyl groups excluding tert-OH is 1. The van der Waals surface area contributed by atoms with Crippen LogP contribution in [0.5, 0.6) is 0 Å². The number of piperidine rings is 1. The number of rotatable bonds is 2. The fourth-order valence-corrected chi connectivity index (χ4v) is 1.95. The van der Waals surface area contributed by atoms with Gasteiger partial charge >= 0.3 is 0 Å². The first-order valence-electron chi connectivity index (χ1n) is 5.82. The highest BCUT2D eigenvalue weighted by atomic mass is 16.3. The maximum absolute atomic E-state index is 12.2. The van der Waals surface area contributed by atoms with Crippen LogP contribution in [0, 0.1) is 0 Å². The van der Waals surface area contributed by atoms with Crippen LogP contribution in [0.4, 0.5) is 5.82 Å². The van der Waals surface area contributed by atoms with Crippen LogP contribution < -0.4 is 5.32 Å². The van der Waals surface area contributed by atoms with E-state index < -0.39 is 0 Å². The van der Waals surface area contributed by atoms with Gasteiger partial charge in [0.1, 0.15) is 5.82 Å². The highest BCUT2D eigenvalue weighted by Crippen LogP contribution is 2.15. The second-order valence-electron chi connectivity index (χ2n) is 4.20. The molecule has 1 saturated heterocycles. The summed E-state index contributed by atoms with van der Waals surface area (Å²) >= 11 is 0. The predicted molar refractivity (Wildman–Crippen MR) is 64.9 cm³/mol. The molecule has 0 saturated carbocycles. The van der Waals surface area contributed by atoms with Gasteiger partial charge in [0, 0.05) is 31.9 Å². The van der Waals surface area contributed by atoms with E-state index in [-0.39, 0.29) is 12.0 Å². The van der Waals surface area contributed by atoms with Crippen molar-refractivity contribution < 1.29 is 9.90 Å². The Balaban J connectivity index is 2.08. The Bertz CT molecular complexity index is 400. The molecule has 92 valence electrons. The highest BCUT2D eigenvalue weighted by Gasteiger charge is 2.22. The van der Waals surface area contributed by atoms with Gasteiger partial charge in [-0.05, 0) is 25.0 Å². The fraction of sp³-hybridized carbons (Fsp3) is 0.500. The molecule has 1 aliphatic heterocycles. The van der Waals surface area contributed by atoms with Gasteiger partial charge in [-0.1, -0.05) is 0 Å². The average molecular weight is 235 g/mol. The van der Waals surface area contributed by atoms with Crippen molar-refractivity contribution in [1.29, 1.82) is 0 Å². The monoisotopic (exact) mass is 235 g/mol. The first kappa shape index (κ1) is 11.9. The van der Waals surface area contributed by atoms with E-state index in [9.17, 15) is 9.90 Å². The van der Waals surface area contributed by atoms with Crippen molar-refractivity contribution >= 4 is 11.7 Å². The summed E-state index contributed by atoms with van der Waals surface area (Å²) in [6.07, 6.45) is 2.69. The maximum Gasteiger partial charge on any atom is 0.254 e. The highest BCUT2D eigenvalue weighted by molar-refractivity contribution is 5.94. The van der Waals surface area contributed by atoms with Crippen molar-refractivity contribution in [2.45, 2.75) is 18.9 Å². The molecule has 0 unspecified atom stereocenters. The third-order valence-electron chi connectivity index (χ3n) is 3.01. The topological polar surface area (TPSA) is 65.5 Å². The Morgan fingerprint density at radius 2 is 2.24 bits per heavy atom. The van der Waals surface area contributed by atoms with E-state index in [4.69, 9.17) is 0 Å². The van der Waals surface area contributed by atoms with Crippen molar-refractivity contribution in [3.05, 3.63) is 23.9 Å². The van der Waals surface area contributed by atoms with E-state index in [1.807, 2.05) is 0 Å². The summed E-state index contributed by atoms with van der Waals surface area (Å²) in [6.45, 7) is 1.24. The smallest absolute Gasteiger partial charge is 0.254 e. The van der Waals surface area contributed by atoms with Crippen LogP contribution in [-0.4, -0.2) is 47.1 Å². The maximum atomic E-state index is 12.2. The molecule has 17 heavy (non-hydrogen) atoms. The van der Waals surface area contributed by atoms with Crippen LogP contribution in [0.25, 0.3) is 0 Å². The summed E-state index contributed by atoms with van der Waals surface area (Å²) in [6, 6.07) is 3.46. The standard InChI is InChI=1S/C12H17N3O2/c1-13-11-8-9(2-5-14-11)12(17)15-6-3-10(16)4-7-15/h2,5,8,10,16H,3-4,6-7H2,1H3,(H,13,14). The third-order valence-corrected chi connectivity index (χ3v) is 3.01. The number of hydrogen-bond donors (Lipinski definition) is 2. The minimum absolute atomic E-state index is 0.0100. The predicted octanol–water partition coefficient (Wildman–Crippen LogP) is 0.720. The molecule has 0 aliphatic carbocycles. The lowest BCUT2D eigenvalue weighted by atomic mass is 10.1. The molecule has 0 bridgehead atoms. The lowest BCUT2D eigenvalue weighted by Crippen LogP contribution is -2.40. The van der Waals surface area contributed by atoms with E-state index in [0.29, 0.717) is 37.3 Å². The van der Waals surface area contributed by atoms with Crippen molar-refractivity contribution in [3.63, 3.8) is 0 Å². The van der Waals surface area contributed by atoms with Crippen molar-refractivity contribution in [1.82, 2.24) is 9.88 Å². The van der Waals surface area contributed by atoms with E-state index in [1.54, 1.807) is 30.3 Å². The van der Waals surface area contributed by atoms with Crippen LogP contribution in [0.2, 0.25) is 0 Å². The molecule has 1 amide bonds. The van der Waals surface area contributed by atoms with E-state index in [2.05, 4.69) is 10.3 Å². The van der Waals surface area contributed by atoms with Gasteiger partial charge in [-0.2, -0.15) is 0 Å². The number of nitrogens with zero attached hydrogens (tertiary/aromatic N) is 2. The number of hydrogen-bond acceptors (Lipinski definition) is 4. The summed E-state index contributed by atoms with van der Waals surface area (Å²) in [7, 11) is 1.77. The summed E-state index contributed by atoms with van der Waals surface area (Å²) in [5.41, 5.74) is 0.640. The zero-order chi connectivity index (χ0) is 12.3. The molecule has 1 fully saturated rings. The van der Waals surface area contributed by atoms with Gasteiger partial charge in [0.2, 0.25) is 0 Å². The van der Waals surface area contributed by atoms with Crippen molar-refractivity contribution in [2.75, 3.05) is 25.5 Å². The minimum Gasteiger partial charge on any atom is -0.393 e. The number of pyridine rings is 1. The molecular formula is C12H17N3O2. The van der Waals surface area contributed by atoms with Crippen LogP contribution >= 0.6 is 0 Å². The molecule has 2 rings (SSSR count). The van der Waals surface area contributed by atoms with Gasteiger partial charge in [0.15, 0.2) is 0 Å². The second kappa shape index (κ2) is 5.14. The third kappa shape index (κ3) is 2.74. The Hall–Kier alpha value is -1.62. The number of aromatic nitrogens is 1. The number of nitrogens with one attached hydrogen (secondary N) is 1. The van der Waals surface area contributed by atoms with Gasteiger partial charge in [-0.25, -0.2) is 4.98 Å². The molecular weight excluding hydrogens is 218 g/mol. The van der Waals surface area contributed by atoms with E-state index >= 15 is 0 Å². The molecule has 5 heteroatoms. The number of amides is 1. The SMILES string of the molecule is CNc1cc(C(=O)N2CCC(O)CC2)ccn1. The molecule has 5 nitrogen and oxygen atoms in total. The summed E-state index contributed by atoms with van der Waals surface area (Å²) in [4.78, 5) is 18.0. The van der Waals surface area contributed by atoms with Gasteiger partial charge in [-0.3, -0.25) is 4.79 Å². The minimum atomic E-state index is -0.260. The molecule has 1 aliphatic rings. The van der Waals surface area contributed by atoms with Crippen molar-refractivity contribution in [3.8, 4) is 0 Å². The molecule has 0 atom stereocenters. The lowest BCUT2D eigenvalue weighted by molar-refractivity contribution is 0.0546. The number of likely N-dealkylation sites (tertiary alicyclic amines) is 1. The van der Waals surface area contributed by atoms with Gasteiger partial charge in [-0.15, -0.1) is 0 Å².